The van der Waals surface area contributed by atoms with Gasteiger partial charge in [0.15, 0.2) is 11.4 Å². The lowest BCUT2D eigenvalue weighted by Crippen LogP contribution is -2.41. The Labute approximate surface area is 135 Å². The number of aromatic nitrogens is 2. The molecule has 0 aliphatic carbocycles. The predicted octanol–water partition coefficient (Wildman–Crippen LogP) is 2.18. The Bertz CT molecular complexity index is 663. The predicted molar refractivity (Wildman–Crippen MR) is 86.0 cm³/mol. The van der Waals surface area contributed by atoms with Crippen molar-refractivity contribution in [1.82, 2.24) is 15.1 Å². The number of carbonyl (C=O) groups is 1. The number of nitrogens with one attached hydrogen (secondary N) is 1. The summed E-state index contributed by atoms with van der Waals surface area (Å²) < 4.78 is 12.6. The third kappa shape index (κ3) is 3.37. The monoisotopic (exact) mass is 315 g/mol. The molecule has 0 bridgehead atoms. The summed E-state index contributed by atoms with van der Waals surface area (Å²) in [7, 11) is 1.53. The van der Waals surface area contributed by atoms with Crippen LogP contribution in [-0.2, 0) is 4.74 Å². The van der Waals surface area contributed by atoms with E-state index in [1.54, 1.807) is 10.9 Å². The number of nitrogens with zero attached hydrogens (tertiary/aromatic N) is 2. The largest absolute Gasteiger partial charge is 0.493 e. The maximum Gasteiger partial charge on any atom is 0.275 e. The van der Waals surface area contributed by atoms with E-state index >= 15 is 0 Å². The van der Waals surface area contributed by atoms with Gasteiger partial charge < -0.3 is 14.8 Å². The molecule has 6 nitrogen and oxygen atoms in total. The van der Waals surface area contributed by atoms with Gasteiger partial charge >= 0.3 is 0 Å². The molecular weight excluding hydrogens is 294 g/mol. The van der Waals surface area contributed by atoms with Crippen molar-refractivity contribution in [1.29, 1.82) is 0 Å². The molecule has 2 heterocycles. The number of methoxy groups -OCH3 is 1. The Hall–Kier alpha value is -2.34. The van der Waals surface area contributed by atoms with Crippen molar-refractivity contribution in [3.63, 3.8) is 0 Å². The van der Waals surface area contributed by atoms with Crippen LogP contribution in [0.1, 0.15) is 30.3 Å². The highest BCUT2D eigenvalue weighted by Crippen LogP contribution is 2.21. The van der Waals surface area contributed by atoms with Crippen LogP contribution in [-0.4, -0.2) is 41.6 Å². The van der Waals surface area contributed by atoms with Crippen LogP contribution in [0.15, 0.2) is 36.5 Å². The van der Waals surface area contributed by atoms with E-state index in [4.69, 9.17) is 9.47 Å². The molecule has 23 heavy (non-hydrogen) atoms. The zero-order valence-electron chi connectivity index (χ0n) is 13.4. The van der Waals surface area contributed by atoms with Gasteiger partial charge in [0.05, 0.1) is 31.1 Å². The van der Waals surface area contributed by atoms with Crippen molar-refractivity contribution in [3.8, 4) is 11.4 Å². The molecule has 0 radical (unpaired) electrons. The number of ether oxygens (including phenoxy) is 2. The SMILES string of the molecule is COc1cn(-c2ccccc2)nc1C(=O)NC(C)C1CCCO1. The van der Waals surface area contributed by atoms with Gasteiger partial charge in [0, 0.05) is 6.61 Å². The van der Waals surface area contributed by atoms with Gasteiger partial charge in [-0.3, -0.25) is 4.79 Å². The van der Waals surface area contributed by atoms with E-state index in [0.29, 0.717) is 5.75 Å². The maximum absolute atomic E-state index is 12.5. The fourth-order valence-corrected chi connectivity index (χ4v) is 2.74. The highest BCUT2D eigenvalue weighted by molar-refractivity contribution is 5.95. The minimum atomic E-state index is -0.250. The summed E-state index contributed by atoms with van der Waals surface area (Å²) in [6.45, 7) is 2.71. The molecule has 0 saturated carbocycles. The van der Waals surface area contributed by atoms with Crippen LogP contribution in [0.4, 0.5) is 0 Å². The Balaban J connectivity index is 1.78. The molecule has 3 rings (SSSR count). The highest BCUT2D eigenvalue weighted by atomic mass is 16.5. The normalized spacial score (nSPS) is 18.6. The first-order chi connectivity index (χ1) is 11.2. The number of hydrogen-bond donors (Lipinski definition) is 1. The molecule has 1 fully saturated rings. The molecule has 1 saturated heterocycles. The van der Waals surface area contributed by atoms with E-state index in [0.717, 1.165) is 25.1 Å². The van der Waals surface area contributed by atoms with E-state index in [1.165, 1.54) is 7.11 Å². The Kier molecular flexibility index (Phi) is 4.62. The molecule has 1 aromatic heterocycles. The maximum atomic E-state index is 12.5. The molecule has 6 heteroatoms. The number of hydrogen-bond acceptors (Lipinski definition) is 4. The molecule has 122 valence electrons. The quantitative estimate of drug-likeness (QED) is 0.918. The average Bonchev–Trinajstić information content (AvgIpc) is 3.25. The van der Waals surface area contributed by atoms with Crippen molar-refractivity contribution in [3.05, 3.63) is 42.2 Å². The number of benzene rings is 1. The lowest BCUT2D eigenvalue weighted by Gasteiger charge is -2.19. The minimum Gasteiger partial charge on any atom is -0.493 e. The van der Waals surface area contributed by atoms with Crippen molar-refractivity contribution in [2.24, 2.45) is 0 Å². The Morgan fingerprint density at radius 2 is 2.22 bits per heavy atom. The van der Waals surface area contributed by atoms with Gasteiger partial charge in [-0.1, -0.05) is 18.2 Å². The summed E-state index contributed by atoms with van der Waals surface area (Å²) in [5.41, 5.74) is 1.15. The van der Waals surface area contributed by atoms with Crippen LogP contribution < -0.4 is 10.1 Å². The number of para-hydroxylation sites is 1. The molecule has 1 aliphatic rings. The smallest absolute Gasteiger partial charge is 0.275 e. The van der Waals surface area contributed by atoms with Crippen LogP contribution in [0.2, 0.25) is 0 Å². The molecule has 1 aromatic carbocycles. The van der Waals surface area contributed by atoms with Gasteiger partial charge in [0.2, 0.25) is 0 Å². The number of carbonyl (C=O) groups excluding carboxylic acids is 1. The molecule has 1 N–H and O–H groups in total. The summed E-state index contributed by atoms with van der Waals surface area (Å²) in [4.78, 5) is 12.5. The van der Waals surface area contributed by atoms with E-state index in [-0.39, 0.29) is 23.7 Å². The van der Waals surface area contributed by atoms with Crippen LogP contribution in [0.5, 0.6) is 5.75 Å². The first-order valence-electron chi connectivity index (χ1n) is 7.80. The molecule has 2 unspecified atom stereocenters. The van der Waals surface area contributed by atoms with Crippen molar-refractivity contribution < 1.29 is 14.3 Å². The Morgan fingerprint density at radius 3 is 2.87 bits per heavy atom. The second kappa shape index (κ2) is 6.83. The van der Waals surface area contributed by atoms with Gasteiger partial charge in [0.25, 0.3) is 5.91 Å². The van der Waals surface area contributed by atoms with Crippen LogP contribution >= 0.6 is 0 Å². The molecular formula is C17H21N3O3. The van der Waals surface area contributed by atoms with E-state index in [1.807, 2.05) is 37.3 Å². The van der Waals surface area contributed by atoms with Crippen LogP contribution in [0.3, 0.4) is 0 Å². The van der Waals surface area contributed by atoms with Crippen molar-refractivity contribution >= 4 is 5.91 Å². The molecule has 2 aromatic rings. The van der Waals surface area contributed by atoms with Crippen LogP contribution in [0.25, 0.3) is 5.69 Å². The van der Waals surface area contributed by atoms with Gasteiger partial charge in [-0.25, -0.2) is 4.68 Å². The van der Waals surface area contributed by atoms with E-state index < -0.39 is 0 Å². The molecule has 2 atom stereocenters. The van der Waals surface area contributed by atoms with Crippen LogP contribution in [0, 0.1) is 0 Å². The van der Waals surface area contributed by atoms with Gasteiger partial charge in [-0.15, -0.1) is 0 Å². The fraction of sp³-hybridized carbons (Fsp3) is 0.412. The standard InChI is InChI=1S/C17H21N3O3/c1-12(14-9-6-10-23-14)18-17(21)16-15(22-2)11-20(19-16)13-7-4-3-5-8-13/h3-5,7-8,11-12,14H,6,9-10H2,1-2H3,(H,18,21). The highest BCUT2D eigenvalue weighted by Gasteiger charge is 2.26. The summed E-state index contributed by atoms with van der Waals surface area (Å²) in [6, 6.07) is 9.55. The van der Waals surface area contributed by atoms with Gasteiger partial charge in [0.1, 0.15) is 0 Å². The second-order valence-corrected chi connectivity index (χ2v) is 5.64. The van der Waals surface area contributed by atoms with Crippen molar-refractivity contribution in [2.45, 2.75) is 31.9 Å². The molecule has 1 amide bonds. The number of amides is 1. The Morgan fingerprint density at radius 1 is 1.43 bits per heavy atom. The third-order valence-electron chi connectivity index (χ3n) is 4.02. The second-order valence-electron chi connectivity index (χ2n) is 5.64. The van der Waals surface area contributed by atoms with Crippen molar-refractivity contribution in [2.75, 3.05) is 13.7 Å². The van der Waals surface area contributed by atoms with Gasteiger partial charge in [-0.2, -0.15) is 5.10 Å². The van der Waals surface area contributed by atoms with Gasteiger partial charge in [-0.05, 0) is 31.9 Å². The zero-order valence-corrected chi connectivity index (χ0v) is 13.4. The topological polar surface area (TPSA) is 65.4 Å². The first-order valence-corrected chi connectivity index (χ1v) is 7.80. The minimum absolute atomic E-state index is 0.0587. The van der Waals surface area contributed by atoms with E-state index in [2.05, 4.69) is 10.4 Å². The summed E-state index contributed by atoms with van der Waals surface area (Å²) in [6.07, 6.45) is 3.79. The third-order valence-corrected chi connectivity index (χ3v) is 4.02. The number of rotatable bonds is 5. The fourth-order valence-electron chi connectivity index (χ4n) is 2.74. The molecule has 0 spiro atoms. The summed E-state index contributed by atoms with van der Waals surface area (Å²) >= 11 is 0. The summed E-state index contributed by atoms with van der Waals surface area (Å²) in [5, 5.41) is 7.33. The van der Waals surface area contributed by atoms with E-state index in [9.17, 15) is 4.79 Å². The average molecular weight is 315 g/mol. The molecule has 1 aliphatic heterocycles. The summed E-state index contributed by atoms with van der Waals surface area (Å²) in [5.74, 6) is 0.199. The zero-order chi connectivity index (χ0) is 16.2. The lowest BCUT2D eigenvalue weighted by molar-refractivity contribution is 0.0707. The lowest BCUT2D eigenvalue weighted by atomic mass is 10.1. The first kappa shape index (κ1) is 15.6.